The highest BCUT2D eigenvalue weighted by molar-refractivity contribution is 7.45. The van der Waals surface area contributed by atoms with Crippen LogP contribution < -0.4 is 4.89 Å². The van der Waals surface area contributed by atoms with Crippen LogP contribution in [0.2, 0.25) is 0 Å². The molecule has 0 aromatic rings. The van der Waals surface area contributed by atoms with Gasteiger partial charge in [0.1, 0.15) is 19.3 Å². The van der Waals surface area contributed by atoms with E-state index < -0.39 is 19.9 Å². The number of phosphoric ester groups is 1. The Bertz CT molecular complexity index is 990. The number of carbonyl (C=O) groups excluding carboxylic acids is 1. The maximum Gasteiger partial charge on any atom is 0.303 e. The van der Waals surface area contributed by atoms with Crippen LogP contribution in [0, 0.1) is 0 Å². The van der Waals surface area contributed by atoms with E-state index in [1.807, 2.05) is 21.1 Å². The lowest BCUT2D eigenvalue weighted by Gasteiger charge is -2.28. The molecule has 0 bridgehead atoms. The van der Waals surface area contributed by atoms with Crippen LogP contribution in [-0.4, -0.2) is 70.7 Å². The van der Waals surface area contributed by atoms with Crippen molar-refractivity contribution in [1.29, 1.82) is 0 Å². The van der Waals surface area contributed by atoms with E-state index in [4.69, 9.17) is 18.5 Å². The maximum atomic E-state index is 12.0. The second-order valence-corrected chi connectivity index (χ2v) is 12.9. The summed E-state index contributed by atoms with van der Waals surface area (Å²) in [6.45, 7) is 4.11. The van der Waals surface area contributed by atoms with Crippen molar-refractivity contribution in [2.75, 3.05) is 54.1 Å². The predicted octanol–water partition coefficient (Wildman–Crippen LogP) is 7.96. The molecule has 0 spiro atoms. The van der Waals surface area contributed by atoms with Gasteiger partial charge in [-0.1, -0.05) is 92.0 Å². The molecule has 0 rings (SSSR count). The molecule has 0 N–H and O–H groups in total. The number of carbonyl (C=O) groups is 1. The maximum absolute atomic E-state index is 12.0. The van der Waals surface area contributed by atoms with Crippen molar-refractivity contribution in [3.05, 3.63) is 85.1 Å². The molecule has 0 aliphatic rings. The fourth-order valence-corrected chi connectivity index (χ4v) is 4.31. The Kier molecular flexibility index (Phi) is 27.6. The average Bonchev–Trinajstić information content (AvgIpc) is 2.96. The summed E-state index contributed by atoms with van der Waals surface area (Å²) in [5, 5.41) is 0. The summed E-state index contributed by atoms with van der Waals surface area (Å²) in [6, 6.07) is 0. The van der Waals surface area contributed by atoms with Gasteiger partial charge in [0, 0.05) is 13.5 Å². The molecule has 0 aliphatic heterocycles. The molecule has 0 heterocycles. The largest absolute Gasteiger partial charge is 0.756 e. The molecule has 8 nitrogen and oxygen atoms in total. The Balaban J connectivity index is 3.88. The summed E-state index contributed by atoms with van der Waals surface area (Å²) >= 11 is 0. The zero-order valence-electron chi connectivity index (χ0n) is 28.5. The Labute approximate surface area is 274 Å². The van der Waals surface area contributed by atoms with Crippen LogP contribution >= 0.6 is 7.82 Å². The molecular weight excluding hydrogens is 589 g/mol. The predicted molar refractivity (Wildman–Crippen MR) is 185 cm³/mol. The van der Waals surface area contributed by atoms with Gasteiger partial charge in [-0.05, 0) is 64.2 Å². The van der Waals surface area contributed by atoms with Crippen molar-refractivity contribution in [2.24, 2.45) is 0 Å². The van der Waals surface area contributed by atoms with Gasteiger partial charge in [-0.25, -0.2) is 0 Å². The minimum absolute atomic E-state index is 0.00878. The van der Waals surface area contributed by atoms with Gasteiger partial charge in [-0.15, -0.1) is 0 Å². The van der Waals surface area contributed by atoms with E-state index in [-0.39, 0.29) is 19.8 Å². The van der Waals surface area contributed by atoms with E-state index in [2.05, 4.69) is 92.0 Å². The molecule has 0 radical (unpaired) electrons. The van der Waals surface area contributed by atoms with Crippen molar-refractivity contribution in [3.8, 4) is 0 Å². The fraction of sp³-hybridized carbons (Fsp3) is 0.583. The molecule has 0 amide bonds. The first-order valence-corrected chi connectivity index (χ1v) is 17.7. The van der Waals surface area contributed by atoms with Gasteiger partial charge in [-0.3, -0.25) is 9.36 Å². The van der Waals surface area contributed by atoms with Crippen molar-refractivity contribution >= 4 is 13.8 Å². The molecule has 0 fully saturated rings. The molecule has 2 unspecified atom stereocenters. The van der Waals surface area contributed by atoms with Gasteiger partial charge < -0.3 is 27.9 Å². The molecule has 256 valence electrons. The summed E-state index contributed by atoms with van der Waals surface area (Å²) in [5.41, 5.74) is 0. The number of nitrogens with zero attached hydrogens (tertiary/aromatic N) is 1. The summed E-state index contributed by atoms with van der Waals surface area (Å²) in [6.07, 6.45) is 39.5. The third kappa shape index (κ3) is 34.4. The smallest absolute Gasteiger partial charge is 0.303 e. The Morgan fingerprint density at radius 3 is 1.60 bits per heavy atom. The normalized spacial score (nSPS) is 15.2. The number of ether oxygens (including phenoxy) is 2. The zero-order valence-corrected chi connectivity index (χ0v) is 29.4. The van der Waals surface area contributed by atoms with Crippen molar-refractivity contribution in [2.45, 2.75) is 84.2 Å². The number of esters is 1. The van der Waals surface area contributed by atoms with Crippen LogP contribution in [0.5, 0.6) is 0 Å². The van der Waals surface area contributed by atoms with Crippen LogP contribution in [0.15, 0.2) is 85.1 Å². The van der Waals surface area contributed by atoms with Gasteiger partial charge in [0.2, 0.25) is 0 Å². The molecule has 0 saturated heterocycles. The number of rotatable bonds is 28. The van der Waals surface area contributed by atoms with Gasteiger partial charge >= 0.3 is 5.97 Å². The van der Waals surface area contributed by atoms with Gasteiger partial charge in [0.25, 0.3) is 7.82 Å². The molecule has 45 heavy (non-hydrogen) atoms. The summed E-state index contributed by atoms with van der Waals surface area (Å²) in [7, 11) is 1.30. The number of quaternary nitrogens is 1. The van der Waals surface area contributed by atoms with E-state index >= 15 is 0 Å². The van der Waals surface area contributed by atoms with E-state index in [1.165, 1.54) is 6.92 Å². The SMILES string of the molecule is CC/C=C\C/C=C\C/C=C\C/C=C\C/C=C\C/C=C\C/C=C\CCCCOCC(COP(=O)([O-])OCC[N+](C)(C)C)OC(C)=O. The second kappa shape index (κ2) is 29.1. The van der Waals surface area contributed by atoms with Gasteiger partial charge in [-0.2, -0.15) is 0 Å². The summed E-state index contributed by atoms with van der Waals surface area (Å²) < 4.78 is 33.0. The fourth-order valence-electron chi connectivity index (χ4n) is 3.58. The molecule has 0 aromatic heterocycles. The number of phosphoric acid groups is 1. The molecule has 9 heteroatoms. The monoisotopic (exact) mass is 649 g/mol. The van der Waals surface area contributed by atoms with E-state index in [1.54, 1.807) is 0 Å². The standard InChI is InChI=1S/C36H60NO7P/c1-6-7-8-9-10-11-12-13-14-15-16-17-18-19-20-21-22-23-24-25-26-27-28-29-31-41-33-36(44-35(2)38)34-43-45(39,40)42-32-30-37(3,4)5/h7-8,10-11,13-14,16-17,19-20,22-23,25-26,36H,6,9,12,15,18,21,24,27-34H2,1-5H3/b8-7-,11-10-,14-13-,17-16-,20-19-,23-22-,26-25-. The zero-order chi connectivity index (χ0) is 33.5. The first kappa shape index (κ1) is 42.7. The highest BCUT2D eigenvalue weighted by atomic mass is 31.2. The van der Waals surface area contributed by atoms with Crippen LogP contribution in [0.4, 0.5) is 0 Å². The van der Waals surface area contributed by atoms with Crippen molar-refractivity contribution in [3.63, 3.8) is 0 Å². The van der Waals surface area contributed by atoms with E-state index in [0.29, 0.717) is 17.6 Å². The Hall–Kier alpha value is -2.32. The van der Waals surface area contributed by atoms with Crippen LogP contribution in [0.1, 0.15) is 78.1 Å². The minimum atomic E-state index is -4.49. The number of allylic oxidation sites excluding steroid dienone is 14. The Morgan fingerprint density at radius 2 is 1.16 bits per heavy atom. The molecular formula is C36H60NO7P. The molecule has 2 atom stereocenters. The van der Waals surface area contributed by atoms with Crippen LogP contribution in [0.3, 0.4) is 0 Å². The number of unbranched alkanes of at least 4 members (excludes halogenated alkanes) is 2. The average molecular weight is 650 g/mol. The third-order valence-corrected chi connectivity index (χ3v) is 6.98. The van der Waals surface area contributed by atoms with E-state index in [9.17, 15) is 14.3 Å². The number of likely N-dealkylation sites (N-methyl/N-ethyl adjacent to an activating group) is 1. The lowest BCUT2D eigenvalue weighted by atomic mass is 10.2. The third-order valence-electron chi connectivity index (χ3n) is 6.01. The highest BCUT2D eigenvalue weighted by Gasteiger charge is 2.19. The highest BCUT2D eigenvalue weighted by Crippen LogP contribution is 2.38. The van der Waals surface area contributed by atoms with Gasteiger partial charge in [0.05, 0.1) is 34.4 Å². The minimum Gasteiger partial charge on any atom is -0.756 e. The first-order chi connectivity index (χ1) is 21.6. The quantitative estimate of drug-likeness (QED) is 0.0279. The van der Waals surface area contributed by atoms with Crippen molar-refractivity contribution < 1.29 is 37.3 Å². The molecule has 0 saturated carbocycles. The summed E-state index contributed by atoms with van der Waals surface area (Å²) in [5.74, 6) is -0.532. The first-order valence-electron chi connectivity index (χ1n) is 16.3. The number of hydrogen-bond donors (Lipinski definition) is 0. The van der Waals surface area contributed by atoms with Crippen LogP contribution in [-0.2, 0) is 27.9 Å². The van der Waals surface area contributed by atoms with Crippen molar-refractivity contribution in [1.82, 2.24) is 0 Å². The molecule has 0 aliphatic carbocycles. The van der Waals surface area contributed by atoms with Gasteiger partial charge in [0.15, 0.2) is 0 Å². The van der Waals surface area contributed by atoms with E-state index in [0.717, 1.165) is 64.2 Å². The second-order valence-electron chi connectivity index (χ2n) is 11.5. The topological polar surface area (TPSA) is 94.1 Å². The lowest BCUT2D eigenvalue weighted by Crippen LogP contribution is -2.37. The van der Waals surface area contributed by atoms with Crippen LogP contribution in [0.25, 0.3) is 0 Å². The summed E-state index contributed by atoms with van der Waals surface area (Å²) in [4.78, 5) is 23.3. The molecule has 0 aromatic carbocycles. The number of hydrogen-bond acceptors (Lipinski definition) is 7. The Morgan fingerprint density at radius 1 is 0.689 bits per heavy atom. The lowest BCUT2D eigenvalue weighted by molar-refractivity contribution is -0.870.